The fourth-order valence-electron chi connectivity index (χ4n) is 4.35. The molecule has 130 valence electrons. The molecule has 4 atom stereocenters. The predicted octanol–water partition coefficient (Wildman–Crippen LogP) is 3.78. The third-order valence-corrected chi connectivity index (χ3v) is 5.53. The lowest BCUT2D eigenvalue weighted by molar-refractivity contribution is 0.102. The minimum absolute atomic E-state index is 0. The van der Waals surface area contributed by atoms with Gasteiger partial charge in [0.15, 0.2) is 0 Å². The van der Waals surface area contributed by atoms with Crippen LogP contribution in [0.4, 0.5) is 0 Å². The topological polar surface area (TPSA) is 41.5 Å². The first-order valence-electron chi connectivity index (χ1n) is 8.81. The van der Waals surface area contributed by atoms with Gasteiger partial charge in [-0.15, -0.1) is 12.4 Å². The zero-order valence-electron chi connectivity index (χ0n) is 13.9. The molecule has 0 spiro atoms. The molecule has 2 fully saturated rings. The van der Waals surface area contributed by atoms with Crippen molar-refractivity contribution in [2.75, 3.05) is 13.2 Å². The Bertz CT molecular complexity index is 672. The van der Waals surface area contributed by atoms with Crippen molar-refractivity contribution in [3.05, 3.63) is 42.5 Å². The molecule has 3 nitrogen and oxygen atoms in total. The van der Waals surface area contributed by atoms with E-state index in [1.54, 1.807) is 0 Å². The molecule has 2 saturated carbocycles. The second-order valence-electron chi connectivity index (χ2n) is 7.13. The Hall–Kier alpha value is -1.29. The third kappa shape index (κ3) is 3.69. The highest BCUT2D eigenvalue weighted by Gasteiger charge is 2.39. The summed E-state index contributed by atoms with van der Waals surface area (Å²) in [6.07, 6.45) is 5.00. The number of hydrogen-bond donors (Lipinski definition) is 2. The molecule has 0 aliphatic heterocycles. The van der Waals surface area contributed by atoms with Gasteiger partial charge in [-0.25, -0.2) is 0 Å². The first-order valence-corrected chi connectivity index (χ1v) is 8.81. The van der Waals surface area contributed by atoms with E-state index in [9.17, 15) is 5.11 Å². The van der Waals surface area contributed by atoms with Crippen LogP contribution >= 0.6 is 12.4 Å². The summed E-state index contributed by atoms with van der Waals surface area (Å²) < 4.78 is 5.87. The number of aliphatic hydroxyl groups excluding tert-OH is 1. The SMILES string of the molecule is Cl.OC(CNC1CC2CCC1C2)COc1cccc2ccccc12. The average Bonchev–Trinajstić information content (AvgIpc) is 3.21. The van der Waals surface area contributed by atoms with Crippen LogP contribution in [0, 0.1) is 11.8 Å². The molecule has 2 aliphatic rings. The van der Waals surface area contributed by atoms with Gasteiger partial charge < -0.3 is 15.2 Å². The van der Waals surface area contributed by atoms with Crippen LogP contribution in [0.3, 0.4) is 0 Å². The molecule has 24 heavy (non-hydrogen) atoms. The third-order valence-electron chi connectivity index (χ3n) is 5.53. The fraction of sp³-hybridized carbons (Fsp3) is 0.500. The largest absolute Gasteiger partial charge is 0.490 e. The van der Waals surface area contributed by atoms with Crippen molar-refractivity contribution in [2.24, 2.45) is 11.8 Å². The van der Waals surface area contributed by atoms with Crippen molar-refractivity contribution in [2.45, 2.75) is 37.8 Å². The van der Waals surface area contributed by atoms with Crippen molar-refractivity contribution in [3.63, 3.8) is 0 Å². The van der Waals surface area contributed by atoms with Crippen LogP contribution in [0.15, 0.2) is 42.5 Å². The Kier molecular flexibility index (Phi) is 5.65. The van der Waals surface area contributed by atoms with Crippen LogP contribution in [0.25, 0.3) is 10.8 Å². The molecule has 2 aromatic rings. The van der Waals surface area contributed by atoms with Crippen LogP contribution in [0.2, 0.25) is 0 Å². The Labute approximate surface area is 149 Å². The van der Waals surface area contributed by atoms with Gasteiger partial charge in [-0.1, -0.05) is 42.8 Å². The van der Waals surface area contributed by atoms with Gasteiger partial charge in [0.2, 0.25) is 0 Å². The summed E-state index contributed by atoms with van der Waals surface area (Å²) in [5, 5.41) is 16.0. The second kappa shape index (κ2) is 7.73. The molecule has 2 bridgehead atoms. The van der Waals surface area contributed by atoms with Gasteiger partial charge >= 0.3 is 0 Å². The summed E-state index contributed by atoms with van der Waals surface area (Å²) in [4.78, 5) is 0. The standard InChI is InChI=1S/C20H25NO2.ClH/c22-17(12-21-19-11-14-8-9-16(19)10-14)13-23-20-7-3-5-15-4-1-2-6-18(15)20;/h1-7,14,16-17,19,21-22H,8-13H2;1H. The Morgan fingerprint density at radius 1 is 1.08 bits per heavy atom. The highest BCUT2D eigenvalue weighted by molar-refractivity contribution is 5.88. The number of ether oxygens (including phenoxy) is 1. The molecule has 0 radical (unpaired) electrons. The molecule has 4 heteroatoms. The van der Waals surface area contributed by atoms with E-state index < -0.39 is 6.10 Å². The van der Waals surface area contributed by atoms with Crippen LogP contribution in [0.5, 0.6) is 5.75 Å². The van der Waals surface area contributed by atoms with Crippen molar-refractivity contribution in [1.29, 1.82) is 0 Å². The molecule has 0 saturated heterocycles. The predicted molar refractivity (Wildman–Crippen MR) is 99.9 cm³/mol. The van der Waals surface area contributed by atoms with Crippen molar-refractivity contribution >= 4 is 23.2 Å². The number of fused-ring (bicyclic) bond motifs is 3. The van der Waals surface area contributed by atoms with Gasteiger partial charge in [-0.3, -0.25) is 0 Å². The summed E-state index contributed by atoms with van der Waals surface area (Å²) >= 11 is 0. The quantitative estimate of drug-likeness (QED) is 0.835. The Morgan fingerprint density at radius 3 is 2.71 bits per heavy atom. The highest BCUT2D eigenvalue weighted by Crippen LogP contribution is 2.44. The first-order chi connectivity index (χ1) is 11.3. The Morgan fingerprint density at radius 2 is 1.92 bits per heavy atom. The summed E-state index contributed by atoms with van der Waals surface area (Å²) in [5.41, 5.74) is 0. The number of aliphatic hydroxyl groups is 1. The molecule has 0 aromatic heterocycles. The molecule has 2 N–H and O–H groups in total. The zero-order chi connectivity index (χ0) is 15.6. The van der Waals surface area contributed by atoms with Crippen molar-refractivity contribution < 1.29 is 9.84 Å². The molecular formula is C20H26ClNO2. The lowest BCUT2D eigenvalue weighted by Gasteiger charge is -2.24. The lowest BCUT2D eigenvalue weighted by Crippen LogP contribution is -2.40. The maximum atomic E-state index is 10.2. The number of nitrogens with one attached hydrogen (secondary N) is 1. The summed E-state index contributed by atoms with van der Waals surface area (Å²) in [6, 6.07) is 14.8. The summed E-state index contributed by atoms with van der Waals surface area (Å²) in [5.74, 6) is 2.62. The van der Waals surface area contributed by atoms with E-state index in [2.05, 4.69) is 23.5 Å². The van der Waals surface area contributed by atoms with Crippen molar-refractivity contribution in [3.8, 4) is 5.75 Å². The molecular weight excluding hydrogens is 322 g/mol. The smallest absolute Gasteiger partial charge is 0.127 e. The molecule has 4 unspecified atom stereocenters. The zero-order valence-corrected chi connectivity index (χ0v) is 14.7. The first kappa shape index (κ1) is 17.5. The van der Waals surface area contributed by atoms with E-state index in [4.69, 9.17) is 4.74 Å². The van der Waals surface area contributed by atoms with Crippen LogP contribution < -0.4 is 10.1 Å². The summed E-state index contributed by atoms with van der Waals surface area (Å²) in [7, 11) is 0. The minimum atomic E-state index is -0.465. The minimum Gasteiger partial charge on any atom is -0.490 e. The molecule has 0 amide bonds. The molecule has 2 aromatic carbocycles. The Balaban J connectivity index is 0.00000169. The van der Waals surface area contributed by atoms with Gasteiger partial charge in [0.1, 0.15) is 18.5 Å². The van der Waals surface area contributed by atoms with E-state index in [0.717, 1.165) is 23.0 Å². The summed E-state index contributed by atoms with van der Waals surface area (Å²) in [6.45, 7) is 0.959. The normalized spacial score (nSPS) is 26.3. The molecule has 2 aliphatic carbocycles. The monoisotopic (exact) mass is 347 g/mol. The van der Waals surface area contributed by atoms with Gasteiger partial charge in [0, 0.05) is 18.0 Å². The van der Waals surface area contributed by atoms with E-state index >= 15 is 0 Å². The van der Waals surface area contributed by atoms with E-state index in [-0.39, 0.29) is 12.4 Å². The van der Waals surface area contributed by atoms with Crippen LogP contribution in [0.1, 0.15) is 25.7 Å². The van der Waals surface area contributed by atoms with Crippen LogP contribution in [-0.2, 0) is 0 Å². The van der Waals surface area contributed by atoms with E-state index in [1.165, 1.54) is 31.1 Å². The van der Waals surface area contributed by atoms with Gasteiger partial charge in [0.05, 0.1) is 0 Å². The number of rotatable bonds is 6. The second-order valence-corrected chi connectivity index (χ2v) is 7.13. The highest BCUT2D eigenvalue weighted by atomic mass is 35.5. The lowest BCUT2D eigenvalue weighted by atomic mass is 9.95. The van der Waals surface area contributed by atoms with Crippen LogP contribution in [-0.4, -0.2) is 30.4 Å². The van der Waals surface area contributed by atoms with E-state index in [0.29, 0.717) is 19.2 Å². The molecule has 4 rings (SSSR count). The maximum absolute atomic E-state index is 10.2. The fourth-order valence-corrected chi connectivity index (χ4v) is 4.35. The number of benzene rings is 2. The number of hydrogen-bond acceptors (Lipinski definition) is 3. The number of halogens is 1. The van der Waals surface area contributed by atoms with Gasteiger partial charge in [-0.05, 0) is 42.6 Å². The van der Waals surface area contributed by atoms with Crippen molar-refractivity contribution in [1.82, 2.24) is 5.32 Å². The molecule has 0 heterocycles. The average molecular weight is 348 g/mol. The van der Waals surface area contributed by atoms with E-state index in [1.807, 2.05) is 24.3 Å². The van der Waals surface area contributed by atoms with Gasteiger partial charge in [0.25, 0.3) is 0 Å². The maximum Gasteiger partial charge on any atom is 0.127 e. The van der Waals surface area contributed by atoms with Gasteiger partial charge in [-0.2, -0.15) is 0 Å².